The summed E-state index contributed by atoms with van der Waals surface area (Å²) in [6.07, 6.45) is -2.70. The number of urea groups is 1. The normalized spacial score (nSPS) is 30.0. The molecule has 2 aliphatic heterocycles. The van der Waals surface area contributed by atoms with Gasteiger partial charge in [-0.25, -0.2) is 4.79 Å². The maximum Gasteiger partial charge on any atom is 0.411 e. The number of halogens is 3. The van der Waals surface area contributed by atoms with Gasteiger partial charge in [-0.05, 0) is 26.3 Å². The summed E-state index contributed by atoms with van der Waals surface area (Å²) in [5.74, 6) is -0.331. The highest BCUT2D eigenvalue weighted by Crippen LogP contribution is 2.31. The van der Waals surface area contributed by atoms with E-state index in [0.29, 0.717) is 13.1 Å². The van der Waals surface area contributed by atoms with Gasteiger partial charge in [-0.3, -0.25) is 9.69 Å². The Morgan fingerprint density at radius 1 is 1.39 bits per heavy atom. The molecule has 2 heterocycles. The van der Waals surface area contributed by atoms with Crippen molar-refractivity contribution in [3.8, 4) is 0 Å². The van der Waals surface area contributed by atoms with Crippen LogP contribution in [0.4, 0.5) is 18.0 Å². The zero-order chi connectivity index (χ0) is 17.3. The lowest BCUT2D eigenvalue weighted by molar-refractivity contribution is -0.174. The average Bonchev–Trinajstić information content (AvgIpc) is 2.68. The van der Waals surface area contributed by atoms with Crippen LogP contribution >= 0.6 is 0 Å². The first-order valence-corrected chi connectivity index (χ1v) is 7.60. The van der Waals surface area contributed by atoms with Gasteiger partial charge < -0.3 is 15.0 Å². The van der Waals surface area contributed by atoms with Crippen molar-refractivity contribution < 1.29 is 27.5 Å². The van der Waals surface area contributed by atoms with E-state index < -0.39 is 24.4 Å². The number of amides is 3. The van der Waals surface area contributed by atoms with Crippen LogP contribution in [0.2, 0.25) is 0 Å². The van der Waals surface area contributed by atoms with Crippen LogP contribution in [-0.4, -0.2) is 73.3 Å². The van der Waals surface area contributed by atoms with Gasteiger partial charge in [-0.1, -0.05) is 0 Å². The summed E-state index contributed by atoms with van der Waals surface area (Å²) < 4.78 is 40.7. The van der Waals surface area contributed by atoms with Crippen LogP contribution in [0.15, 0.2) is 0 Å². The topological polar surface area (TPSA) is 61.9 Å². The number of carbonyl (C=O) groups is 2. The van der Waals surface area contributed by atoms with E-state index in [4.69, 9.17) is 0 Å². The summed E-state index contributed by atoms with van der Waals surface area (Å²) in [6, 6.07) is -0.414. The van der Waals surface area contributed by atoms with Crippen molar-refractivity contribution in [2.45, 2.75) is 31.5 Å². The minimum absolute atomic E-state index is 0.0108. The van der Waals surface area contributed by atoms with Crippen molar-refractivity contribution in [2.75, 3.05) is 39.9 Å². The molecule has 0 spiro atoms. The Balaban J connectivity index is 1.86. The second-order valence-corrected chi connectivity index (χ2v) is 6.30. The average molecular weight is 337 g/mol. The van der Waals surface area contributed by atoms with Crippen molar-refractivity contribution in [3.05, 3.63) is 0 Å². The van der Waals surface area contributed by atoms with Gasteiger partial charge in [0.05, 0.1) is 6.61 Å². The van der Waals surface area contributed by atoms with Crippen molar-refractivity contribution in [2.24, 2.45) is 5.92 Å². The molecule has 6 nitrogen and oxygen atoms in total. The number of imide groups is 1. The van der Waals surface area contributed by atoms with Gasteiger partial charge in [-0.15, -0.1) is 0 Å². The molecule has 1 N–H and O–H groups in total. The third kappa shape index (κ3) is 4.14. The number of nitrogens with zero attached hydrogens (tertiary/aromatic N) is 2. The molecule has 2 fully saturated rings. The molecule has 2 rings (SSSR count). The summed E-state index contributed by atoms with van der Waals surface area (Å²) in [6.45, 7) is 2.13. The van der Waals surface area contributed by atoms with Crippen LogP contribution in [0.5, 0.6) is 0 Å². The van der Waals surface area contributed by atoms with E-state index in [2.05, 4.69) is 10.1 Å². The van der Waals surface area contributed by atoms with E-state index >= 15 is 0 Å². The van der Waals surface area contributed by atoms with Crippen LogP contribution in [-0.2, 0) is 9.53 Å². The van der Waals surface area contributed by atoms with E-state index in [1.807, 2.05) is 4.90 Å². The van der Waals surface area contributed by atoms with E-state index in [-0.39, 0.29) is 18.4 Å². The Morgan fingerprint density at radius 3 is 2.65 bits per heavy atom. The molecule has 0 aromatic heterocycles. The first-order valence-electron chi connectivity index (χ1n) is 7.60. The molecule has 2 saturated heterocycles. The number of ether oxygens (including phenoxy) is 1. The van der Waals surface area contributed by atoms with Crippen molar-refractivity contribution in [1.82, 2.24) is 15.1 Å². The number of rotatable bonds is 5. The second-order valence-electron chi connectivity index (χ2n) is 6.30. The molecule has 0 aromatic rings. The molecule has 2 aliphatic rings. The Hall–Kier alpha value is -1.35. The molecule has 3 amide bonds. The lowest BCUT2D eigenvalue weighted by atomic mass is 9.80. The number of nitrogens with one attached hydrogen (secondary N) is 1. The number of likely N-dealkylation sites (tertiary alicyclic amines) is 1. The zero-order valence-electron chi connectivity index (χ0n) is 13.3. The second kappa shape index (κ2) is 6.64. The molecule has 2 atom stereocenters. The molecule has 0 unspecified atom stereocenters. The van der Waals surface area contributed by atoms with Gasteiger partial charge in [0.15, 0.2) is 0 Å². The van der Waals surface area contributed by atoms with Gasteiger partial charge in [-0.2, -0.15) is 13.2 Å². The van der Waals surface area contributed by atoms with Crippen LogP contribution in [0.1, 0.15) is 19.8 Å². The number of hydrogen-bond acceptors (Lipinski definition) is 4. The Morgan fingerprint density at radius 2 is 2.09 bits per heavy atom. The molecule has 0 radical (unpaired) electrons. The summed E-state index contributed by atoms with van der Waals surface area (Å²) in [4.78, 5) is 27.0. The molecule has 0 aromatic carbocycles. The molecule has 132 valence electrons. The van der Waals surface area contributed by atoms with Crippen LogP contribution in [0, 0.1) is 5.92 Å². The van der Waals surface area contributed by atoms with Crippen LogP contribution in [0.25, 0.3) is 0 Å². The van der Waals surface area contributed by atoms with Crippen molar-refractivity contribution in [3.63, 3.8) is 0 Å². The maximum absolute atomic E-state index is 12.3. The zero-order valence-corrected chi connectivity index (χ0v) is 13.3. The smallest absolute Gasteiger partial charge is 0.371 e. The first kappa shape index (κ1) is 18.0. The summed E-state index contributed by atoms with van der Waals surface area (Å²) in [5.41, 5.74) is -0.947. The predicted octanol–water partition coefficient (Wildman–Crippen LogP) is 1.22. The molecular weight excluding hydrogens is 315 g/mol. The minimum Gasteiger partial charge on any atom is -0.371 e. The monoisotopic (exact) mass is 337 g/mol. The fourth-order valence-electron chi connectivity index (χ4n) is 3.19. The lowest BCUT2D eigenvalue weighted by Crippen LogP contribution is -2.56. The van der Waals surface area contributed by atoms with E-state index in [0.717, 1.165) is 24.3 Å². The summed E-state index contributed by atoms with van der Waals surface area (Å²) in [5, 5.41) is 2.74. The van der Waals surface area contributed by atoms with Gasteiger partial charge in [0.2, 0.25) is 0 Å². The van der Waals surface area contributed by atoms with Gasteiger partial charge in [0.25, 0.3) is 5.91 Å². The van der Waals surface area contributed by atoms with E-state index in [9.17, 15) is 22.8 Å². The Bertz CT molecular complexity index is 472. The van der Waals surface area contributed by atoms with E-state index in [1.54, 1.807) is 6.92 Å². The van der Waals surface area contributed by atoms with Gasteiger partial charge in [0, 0.05) is 26.1 Å². The standard InChI is InChI=1S/C14H22F3N3O3/c1-13(11(21)19(2)12(22)18-13)10-4-3-5-20(8-10)6-7-23-9-14(15,16)17/h10H,3-9H2,1-2H3,(H,18,22)/t10-,13+/m0/s1. The third-order valence-corrected chi connectivity index (χ3v) is 4.56. The molecule has 0 bridgehead atoms. The third-order valence-electron chi connectivity index (χ3n) is 4.56. The lowest BCUT2D eigenvalue weighted by Gasteiger charge is -2.39. The van der Waals surface area contributed by atoms with Crippen molar-refractivity contribution in [1.29, 1.82) is 0 Å². The quantitative estimate of drug-likeness (QED) is 0.605. The van der Waals surface area contributed by atoms with Crippen molar-refractivity contribution >= 4 is 11.9 Å². The fraction of sp³-hybridized carbons (Fsp3) is 0.857. The maximum atomic E-state index is 12.3. The van der Waals surface area contributed by atoms with Crippen LogP contribution in [0.3, 0.4) is 0 Å². The Kier molecular flexibility index (Phi) is 5.20. The molecule has 0 aliphatic carbocycles. The minimum atomic E-state index is -4.32. The summed E-state index contributed by atoms with van der Waals surface area (Å²) >= 11 is 0. The number of hydrogen-bond donors (Lipinski definition) is 1. The first-order chi connectivity index (χ1) is 10.6. The van der Waals surface area contributed by atoms with Crippen LogP contribution < -0.4 is 5.32 Å². The fourth-order valence-corrected chi connectivity index (χ4v) is 3.19. The highest BCUT2D eigenvalue weighted by molar-refractivity contribution is 6.06. The number of likely N-dealkylation sites (N-methyl/N-ethyl adjacent to an activating group) is 1. The largest absolute Gasteiger partial charge is 0.411 e. The Labute approximate surface area is 132 Å². The summed E-state index contributed by atoms with van der Waals surface area (Å²) in [7, 11) is 1.44. The highest BCUT2D eigenvalue weighted by atomic mass is 19.4. The number of carbonyl (C=O) groups excluding carboxylic acids is 2. The van der Waals surface area contributed by atoms with Gasteiger partial charge >= 0.3 is 12.2 Å². The SMILES string of the molecule is CN1C(=O)N[C@](C)([C@H]2CCCN(CCOCC(F)(F)F)C2)C1=O. The predicted molar refractivity (Wildman–Crippen MR) is 75.7 cm³/mol. The van der Waals surface area contributed by atoms with Gasteiger partial charge in [0.1, 0.15) is 12.1 Å². The number of alkyl halides is 3. The molecular formula is C14H22F3N3O3. The molecule has 0 saturated carbocycles. The molecule has 23 heavy (non-hydrogen) atoms. The highest BCUT2D eigenvalue weighted by Gasteiger charge is 2.51. The molecule has 9 heteroatoms. The van der Waals surface area contributed by atoms with E-state index in [1.165, 1.54) is 7.05 Å². The number of piperidine rings is 1.